The molecule has 0 bridgehead atoms. The number of esters is 1. The molecule has 8 heteroatoms. The summed E-state index contributed by atoms with van der Waals surface area (Å²) in [5, 5.41) is 14.2. The molecule has 2 N–H and O–H groups in total. The van der Waals surface area contributed by atoms with Crippen molar-refractivity contribution in [3.8, 4) is 11.9 Å². The van der Waals surface area contributed by atoms with E-state index in [0.717, 1.165) is 12.1 Å². The average molecular weight is 347 g/mol. The van der Waals surface area contributed by atoms with Crippen molar-refractivity contribution >= 4 is 11.9 Å². The van der Waals surface area contributed by atoms with Crippen LogP contribution in [0.4, 0.5) is 0 Å². The lowest BCUT2D eigenvalue weighted by Crippen LogP contribution is -2.42. The number of nitrogens with zero attached hydrogens (tertiary/aromatic N) is 3. The van der Waals surface area contributed by atoms with E-state index in [4.69, 9.17) is 14.7 Å². The highest BCUT2D eigenvalue weighted by atomic mass is 16.6. The van der Waals surface area contributed by atoms with Gasteiger partial charge in [0.05, 0.1) is 6.54 Å². The summed E-state index contributed by atoms with van der Waals surface area (Å²) in [6.07, 6.45) is 1.16. The smallest absolute Gasteiger partial charge is 0.303 e. The van der Waals surface area contributed by atoms with Crippen molar-refractivity contribution in [3.63, 3.8) is 0 Å². The molecule has 0 aliphatic heterocycles. The molecule has 1 rings (SSSR count). The molecule has 0 saturated heterocycles. The van der Waals surface area contributed by atoms with Gasteiger partial charge in [-0.25, -0.2) is 0 Å². The summed E-state index contributed by atoms with van der Waals surface area (Å²) in [5.74, 6) is 0.601. The number of carbonyl (C=O) groups is 1. The normalized spacial score (nSPS) is 12.2. The molecule has 1 aromatic carbocycles. The third kappa shape index (κ3) is 8.58. The van der Waals surface area contributed by atoms with E-state index in [1.54, 1.807) is 13.2 Å². The van der Waals surface area contributed by atoms with Crippen molar-refractivity contribution in [1.29, 1.82) is 5.26 Å². The molecule has 0 saturated carbocycles. The van der Waals surface area contributed by atoms with E-state index in [-0.39, 0.29) is 13.2 Å². The number of hydrogen-bond acceptors (Lipinski definition) is 6. The largest absolute Gasteiger partial charge is 0.490 e. The fraction of sp³-hybridized carbons (Fsp3) is 0.471. The number of guanidine groups is 1. The standard InChI is InChI=1S/C17H25N5O3/c1-13(23)25-16(9-20-17(19-2)21-12-18)11-24-15-7-5-6-14(8-15)10-22(3)4/h5-8,16H,9-11H2,1-4H3,(H2,19,20,21). The molecule has 0 heterocycles. The molecule has 0 radical (unpaired) electrons. The molecule has 0 spiro atoms. The molecule has 0 aliphatic carbocycles. The monoisotopic (exact) mass is 347 g/mol. The van der Waals surface area contributed by atoms with Gasteiger partial charge < -0.3 is 25.0 Å². The maximum atomic E-state index is 11.3. The maximum Gasteiger partial charge on any atom is 0.303 e. The molecule has 8 nitrogen and oxygen atoms in total. The average Bonchev–Trinajstić information content (AvgIpc) is 2.55. The van der Waals surface area contributed by atoms with E-state index in [9.17, 15) is 4.79 Å². The first-order valence-electron chi connectivity index (χ1n) is 7.86. The summed E-state index contributed by atoms with van der Waals surface area (Å²) < 4.78 is 11.0. The first-order valence-corrected chi connectivity index (χ1v) is 7.86. The van der Waals surface area contributed by atoms with Gasteiger partial charge in [-0.1, -0.05) is 12.1 Å². The van der Waals surface area contributed by atoms with Gasteiger partial charge in [0.15, 0.2) is 6.10 Å². The Labute approximate surface area is 148 Å². The van der Waals surface area contributed by atoms with Crippen LogP contribution in [0.1, 0.15) is 12.5 Å². The number of carbonyl (C=O) groups excluding carboxylic acids is 1. The van der Waals surface area contributed by atoms with E-state index >= 15 is 0 Å². The zero-order valence-electron chi connectivity index (χ0n) is 15.1. The van der Waals surface area contributed by atoms with Crippen molar-refractivity contribution in [2.24, 2.45) is 4.99 Å². The van der Waals surface area contributed by atoms with Gasteiger partial charge in [-0.3, -0.25) is 4.79 Å². The van der Waals surface area contributed by atoms with Crippen molar-refractivity contribution in [3.05, 3.63) is 29.8 Å². The summed E-state index contributed by atoms with van der Waals surface area (Å²) in [7, 11) is 5.63. The molecule has 0 aromatic heterocycles. The van der Waals surface area contributed by atoms with Crippen LogP contribution in [0.5, 0.6) is 5.75 Å². The predicted octanol–water partition coefficient (Wildman–Crippen LogP) is 0.705. The van der Waals surface area contributed by atoms with E-state index in [0.29, 0.717) is 11.7 Å². The molecule has 0 aliphatic rings. The Morgan fingerprint density at radius 1 is 1.44 bits per heavy atom. The van der Waals surface area contributed by atoms with Gasteiger partial charge in [0, 0.05) is 20.5 Å². The SMILES string of the molecule is CN/C(=N/C#N)NCC(COc1cccc(CN(C)C)c1)OC(C)=O. The van der Waals surface area contributed by atoms with Gasteiger partial charge in [-0.2, -0.15) is 5.26 Å². The fourth-order valence-electron chi connectivity index (χ4n) is 2.10. The Morgan fingerprint density at radius 3 is 2.80 bits per heavy atom. The van der Waals surface area contributed by atoms with Gasteiger partial charge in [0.1, 0.15) is 12.4 Å². The van der Waals surface area contributed by atoms with Gasteiger partial charge in [0.25, 0.3) is 0 Å². The van der Waals surface area contributed by atoms with Crippen LogP contribution in [-0.2, 0) is 16.1 Å². The highest BCUT2D eigenvalue weighted by Gasteiger charge is 2.14. The topological polar surface area (TPSA) is 99.0 Å². The number of benzene rings is 1. The van der Waals surface area contributed by atoms with Crippen LogP contribution in [0, 0.1) is 11.5 Å². The Morgan fingerprint density at radius 2 is 2.20 bits per heavy atom. The summed E-state index contributed by atoms with van der Waals surface area (Å²) in [6, 6.07) is 7.75. The first kappa shape index (κ1) is 20.3. The third-order valence-corrected chi connectivity index (χ3v) is 3.06. The van der Waals surface area contributed by atoms with Gasteiger partial charge in [0.2, 0.25) is 12.2 Å². The lowest BCUT2D eigenvalue weighted by molar-refractivity contribution is -0.147. The number of aliphatic imine (C=N–C) groups is 1. The van der Waals surface area contributed by atoms with E-state index in [1.807, 2.05) is 38.4 Å². The molecule has 0 amide bonds. The Balaban J connectivity index is 2.65. The number of nitriles is 1. The molecular formula is C17H25N5O3. The van der Waals surface area contributed by atoms with Crippen molar-refractivity contribution < 1.29 is 14.3 Å². The lowest BCUT2D eigenvalue weighted by Gasteiger charge is -2.19. The summed E-state index contributed by atoms with van der Waals surface area (Å²) in [6.45, 7) is 2.59. The minimum Gasteiger partial charge on any atom is -0.490 e. The number of hydrogen-bond donors (Lipinski definition) is 2. The van der Waals surface area contributed by atoms with Gasteiger partial charge >= 0.3 is 5.97 Å². The zero-order chi connectivity index (χ0) is 18.7. The van der Waals surface area contributed by atoms with Crippen LogP contribution >= 0.6 is 0 Å². The highest BCUT2D eigenvalue weighted by molar-refractivity contribution is 5.80. The third-order valence-electron chi connectivity index (χ3n) is 3.06. The van der Waals surface area contributed by atoms with E-state index in [1.165, 1.54) is 6.92 Å². The van der Waals surface area contributed by atoms with E-state index < -0.39 is 12.1 Å². The number of nitrogens with one attached hydrogen (secondary N) is 2. The van der Waals surface area contributed by atoms with Crippen LogP contribution in [0.25, 0.3) is 0 Å². The van der Waals surface area contributed by atoms with Crippen molar-refractivity contribution in [1.82, 2.24) is 15.5 Å². The second-order valence-corrected chi connectivity index (χ2v) is 5.62. The van der Waals surface area contributed by atoms with Crippen LogP contribution < -0.4 is 15.4 Å². The molecular weight excluding hydrogens is 322 g/mol. The highest BCUT2D eigenvalue weighted by Crippen LogP contribution is 2.15. The van der Waals surface area contributed by atoms with Gasteiger partial charge in [-0.15, -0.1) is 4.99 Å². The minimum atomic E-state index is -0.521. The molecule has 25 heavy (non-hydrogen) atoms. The molecule has 1 unspecified atom stereocenters. The van der Waals surface area contributed by atoms with Gasteiger partial charge in [-0.05, 0) is 31.8 Å². The second-order valence-electron chi connectivity index (χ2n) is 5.62. The molecule has 0 fully saturated rings. The first-order chi connectivity index (χ1) is 11.9. The van der Waals surface area contributed by atoms with Crippen molar-refractivity contribution in [2.45, 2.75) is 19.6 Å². The van der Waals surface area contributed by atoms with Crippen LogP contribution in [-0.4, -0.2) is 57.2 Å². The van der Waals surface area contributed by atoms with Crippen LogP contribution in [0.2, 0.25) is 0 Å². The summed E-state index contributed by atoms with van der Waals surface area (Å²) in [5.41, 5.74) is 1.13. The number of rotatable bonds is 8. The lowest BCUT2D eigenvalue weighted by atomic mass is 10.2. The Hall–Kier alpha value is -2.79. The Kier molecular flexibility index (Phi) is 8.82. The Bertz CT molecular complexity index is 625. The molecule has 136 valence electrons. The van der Waals surface area contributed by atoms with Crippen LogP contribution in [0.15, 0.2) is 29.3 Å². The summed E-state index contributed by atoms with van der Waals surface area (Å²) in [4.78, 5) is 16.9. The quantitative estimate of drug-likeness (QED) is 0.309. The fourth-order valence-corrected chi connectivity index (χ4v) is 2.10. The number of ether oxygens (including phenoxy) is 2. The second kappa shape index (κ2) is 10.9. The molecule has 1 aromatic rings. The maximum absolute atomic E-state index is 11.3. The van der Waals surface area contributed by atoms with Crippen molar-refractivity contribution in [2.75, 3.05) is 34.3 Å². The molecule has 1 atom stereocenters. The van der Waals surface area contributed by atoms with Crippen LogP contribution in [0.3, 0.4) is 0 Å². The predicted molar refractivity (Wildman–Crippen MR) is 95.0 cm³/mol. The minimum absolute atomic E-state index is 0.182. The van der Waals surface area contributed by atoms with E-state index in [2.05, 4.69) is 20.5 Å². The summed E-state index contributed by atoms with van der Waals surface area (Å²) >= 11 is 0. The zero-order valence-corrected chi connectivity index (χ0v) is 15.1.